The van der Waals surface area contributed by atoms with Crippen LogP contribution in [0.3, 0.4) is 0 Å². The van der Waals surface area contributed by atoms with Gasteiger partial charge in [-0.15, -0.1) is 0 Å². The van der Waals surface area contributed by atoms with E-state index in [9.17, 15) is 5.11 Å². The van der Waals surface area contributed by atoms with Gasteiger partial charge in [-0.3, -0.25) is 0 Å². The van der Waals surface area contributed by atoms with Gasteiger partial charge in [0.25, 0.3) is 0 Å². The van der Waals surface area contributed by atoms with Crippen molar-refractivity contribution < 1.29 is 19.3 Å². The largest absolute Gasteiger partial charge is 0.390 e. The van der Waals surface area contributed by atoms with Gasteiger partial charge in [0.2, 0.25) is 0 Å². The van der Waals surface area contributed by atoms with Crippen LogP contribution in [0, 0.1) is 17.8 Å². The summed E-state index contributed by atoms with van der Waals surface area (Å²) in [7, 11) is 1.71. The van der Waals surface area contributed by atoms with E-state index in [1.165, 1.54) is 6.42 Å². The molecule has 1 spiro atoms. The fourth-order valence-electron chi connectivity index (χ4n) is 4.73. The lowest BCUT2D eigenvalue weighted by atomic mass is 9.64. The van der Waals surface area contributed by atoms with Crippen molar-refractivity contribution in [1.82, 2.24) is 0 Å². The van der Waals surface area contributed by atoms with Gasteiger partial charge in [0.15, 0.2) is 0 Å². The van der Waals surface area contributed by atoms with E-state index in [0.29, 0.717) is 5.92 Å². The van der Waals surface area contributed by atoms with Gasteiger partial charge in [0.1, 0.15) is 11.2 Å². The second-order valence-electron chi connectivity index (χ2n) is 8.16. The number of methoxy groups -OCH3 is 1. The molecule has 1 saturated carbocycles. The van der Waals surface area contributed by atoms with Gasteiger partial charge in [-0.2, -0.15) is 0 Å². The molecular weight excluding hydrogens is 280 g/mol. The van der Waals surface area contributed by atoms with E-state index < -0.39 is 6.10 Å². The average molecular weight is 312 g/mol. The molecule has 4 heteroatoms. The van der Waals surface area contributed by atoms with E-state index in [4.69, 9.17) is 14.2 Å². The normalized spacial score (nSPS) is 50.6. The lowest BCUT2D eigenvalue weighted by Crippen LogP contribution is -2.57. The Labute approximate surface area is 134 Å². The lowest BCUT2D eigenvalue weighted by molar-refractivity contribution is -0.141. The van der Waals surface area contributed by atoms with Crippen LogP contribution in [0.5, 0.6) is 0 Å². The molecule has 22 heavy (non-hydrogen) atoms. The van der Waals surface area contributed by atoms with Crippen LogP contribution in [-0.4, -0.2) is 48.3 Å². The second-order valence-corrected chi connectivity index (χ2v) is 8.16. The van der Waals surface area contributed by atoms with E-state index >= 15 is 0 Å². The summed E-state index contributed by atoms with van der Waals surface area (Å²) in [5, 5.41) is 10.7. The van der Waals surface area contributed by atoms with Crippen LogP contribution in [0.15, 0.2) is 0 Å². The summed E-state index contributed by atoms with van der Waals surface area (Å²) >= 11 is 0. The third-order valence-corrected chi connectivity index (χ3v) is 6.24. The predicted octanol–water partition coefficient (Wildman–Crippen LogP) is 2.77. The molecule has 7 unspecified atom stereocenters. The fourth-order valence-corrected chi connectivity index (χ4v) is 4.73. The number of epoxide rings is 2. The Balaban J connectivity index is 1.77. The van der Waals surface area contributed by atoms with Gasteiger partial charge < -0.3 is 19.3 Å². The molecule has 3 fully saturated rings. The Bertz CT molecular complexity index is 406. The number of aliphatic hydroxyl groups excluding tert-OH is 1. The summed E-state index contributed by atoms with van der Waals surface area (Å²) < 4.78 is 17.8. The molecule has 0 bridgehead atoms. The van der Waals surface area contributed by atoms with Crippen molar-refractivity contribution in [3.05, 3.63) is 0 Å². The van der Waals surface area contributed by atoms with E-state index in [0.717, 1.165) is 25.9 Å². The second kappa shape index (κ2) is 5.73. The van der Waals surface area contributed by atoms with Gasteiger partial charge in [0, 0.05) is 7.11 Å². The maximum atomic E-state index is 10.7. The van der Waals surface area contributed by atoms with Crippen molar-refractivity contribution in [2.24, 2.45) is 17.8 Å². The quantitative estimate of drug-likeness (QED) is 0.766. The van der Waals surface area contributed by atoms with Crippen molar-refractivity contribution in [3.8, 4) is 0 Å². The van der Waals surface area contributed by atoms with Crippen molar-refractivity contribution in [1.29, 1.82) is 0 Å². The van der Waals surface area contributed by atoms with Crippen LogP contribution in [0.2, 0.25) is 0 Å². The third kappa shape index (κ3) is 2.62. The minimum absolute atomic E-state index is 0.123. The monoisotopic (exact) mass is 312 g/mol. The third-order valence-electron chi connectivity index (χ3n) is 6.24. The molecule has 0 radical (unpaired) electrons. The summed E-state index contributed by atoms with van der Waals surface area (Å²) in [6.45, 7) is 9.62. The summed E-state index contributed by atoms with van der Waals surface area (Å²) in [6.07, 6.45) is 3.85. The van der Waals surface area contributed by atoms with Gasteiger partial charge in [-0.05, 0) is 38.0 Å². The highest BCUT2D eigenvalue weighted by molar-refractivity contribution is 5.20. The summed E-state index contributed by atoms with van der Waals surface area (Å²) in [5.41, 5.74) is -0.326. The molecule has 0 amide bonds. The van der Waals surface area contributed by atoms with E-state index in [-0.39, 0.29) is 35.2 Å². The smallest absolute Gasteiger partial charge is 0.100 e. The average Bonchev–Trinajstić information content (AvgIpc) is 3.37. The Morgan fingerprint density at radius 2 is 2.05 bits per heavy atom. The molecule has 1 aliphatic carbocycles. The van der Waals surface area contributed by atoms with Crippen LogP contribution < -0.4 is 0 Å². The number of hydrogen-bond donors (Lipinski definition) is 1. The molecule has 0 aromatic rings. The maximum absolute atomic E-state index is 10.7. The van der Waals surface area contributed by atoms with Gasteiger partial charge >= 0.3 is 0 Å². The molecule has 3 rings (SSSR count). The zero-order valence-corrected chi connectivity index (χ0v) is 14.7. The fraction of sp³-hybridized carbons (Fsp3) is 1.00. The first-order valence-electron chi connectivity index (χ1n) is 8.90. The maximum Gasteiger partial charge on any atom is 0.100 e. The van der Waals surface area contributed by atoms with Gasteiger partial charge in [-0.1, -0.05) is 27.2 Å². The van der Waals surface area contributed by atoms with Crippen molar-refractivity contribution in [3.63, 3.8) is 0 Å². The van der Waals surface area contributed by atoms with Crippen LogP contribution >= 0.6 is 0 Å². The van der Waals surface area contributed by atoms with Crippen LogP contribution in [0.4, 0.5) is 0 Å². The van der Waals surface area contributed by atoms with Gasteiger partial charge in [-0.25, -0.2) is 0 Å². The van der Waals surface area contributed by atoms with Crippen LogP contribution in [0.25, 0.3) is 0 Å². The standard InChI is InChI=1S/C18H32O4/c1-6-12-9-18(10-21-18)16(15(20-5)14(12)19)17(4)13(22-17)8-7-11(2)3/h11-16,19H,6-10H2,1-5H3. The Hall–Kier alpha value is -0.160. The first-order valence-corrected chi connectivity index (χ1v) is 8.90. The number of rotatable bonds is 6. The van der Waals surface area contributed by atoms with E-state index in [1.807, 2.05) is 0 Å². The molecule has 4 nitrogen and oxygen atoms in total. The van der Waals surface area contributed by atoms with Crippen LogP contribution in [-0.2, 0) is 14.2 Å². The minimum Gasteiger partial charge on any atom is -0.390 e. The molecule has 128 valence electrons. The molecule has 0 aromatic carbocycles. The first kappa shape index (κ1) is 16.7. The first-order chi connectivity index (χ1) is 10.4. The highest BCUT2D eigenvalue weighted by Gasteiger charge is 2.72. The molecule has 2 aliphatic heterocycles. The summed E-state index contributed by atoms with van der Waals surface area (Å²) in [5.74, 6) is 1.10. The molecule has 1 N–H and O–H groups in total. The molecule has 2 saturated heterocycles. The molecule has 2 heterocycles. The SMILES string of the molecule is CCC1CC2(CO2)C(C2(C)OC2CCC(C)C)C(OC)C1O. The van der Waals surface area contributed by atoms with Crippen molar-refractivity contribution in [2.75, 3.05) is 13.7 Å². The van der Waals surface area contributed by atoms with Crippen molar-refractivity contribution in [2.45, 2.75) is 82.9 Å². The molecule has 3 aliphatic rings. The predicted molar refractivity (Wildman–Crippen MR) is 84.7 cm³/mol. The summed E-state index contributed by atoms with van der Waals surface area (Å²) in [4.78, 5) is 0. The minimum atomic E-state index is -0.415. The highest BCUT2D eigenvalue weighted by Crippen LogP contribution is 2.60. The zero-order valence-electron chi connectivity index (χ0n) is 14.7. The molecule has 0 aromatic heterocycles. The topological polar surface area (TPSA) is 54.5 Å². The highest BCUT2D eigenvalue weighted by atomic mass is 16.6. The summed E-state index contributed by atoms with van der Waals surface area (Å²) in [6, 6.07) is 0. The van der Waals surface area contributed by atoms with Gasteiger partial charge in [0.05, 0.1) is 30.8 Å². The molecule has 7 atom stereocenters. The lowest BCUT2D eigenvalue weighted by Gasteiger charge is -2.45. The number of aliphatic hydroxyl groups is 1. The van der Waals surface area contributed by atoms with Crippen LogP contribution in [0.1, 0.15) is 53.4 Å². The Morgan fingerprint density at radius 1 is 1.36 bits per heavy atom. The number of ether oxygens (including phenoxy) is 3. The number of hydrogen-bond acceptors (Lipinski definition) is 4. The Kier molecular flexibility index (Phi) is 4.35. The Morgan fingerprint density at radius 3 is 2.55 bits per heavy atom. The van der Waals surface area contributed by atoms with E-state index in [2.05, 4.69) is 27.7 Å². The van der Waals surface area contributed by atoms with E-state index in [1.54, 1.807) is 7.11 Å². The van der Waals surface area contributed by atoms with Crippen molar-refractivity contribution >= 4 is 0 Å². The zero-order chi connectivity index (χ0) is 16.1. The molecular formula is C18H32O4.